The predicted molar refractivity (Wildman–Crippen MR) is 75.7 cm³/mol. The molecule has 0 amide bonds. The molecule has 1 fully saturated rings. The van der Waals surface area contributed by atoms with Crippen LogP contribution in [-0.4, -0.2) is 37.6 Å². The fourth-order valence-electron chi connectivity index (χ4n) is 3.14. The van der Waals surface area contributed by atoms with Gasteiger partial charge < -0.3 is 9.80 Å². The molecule has 0 bridgehead atoms. The molecule has 0 aromatic heterocycles. The van der Waals surface area contributed by atoms with Gasteiger partial charge in [0.05, 0.1) is 0 Å². The lowest BCUT2D eigenvalue weighted by molar-refractivity contribution is 0.406. The van der Waals surface area contributed by atoms with Gasteiger partial charge in [-0.15, -0.1) is 0 Å². The fourth-order valence-corrected chi connectivity index (χ4v) is 3.55. The first kappa shape index (κ1) is 11.5. The Balaban J connectivity index is 1.89. The van der Waals surface area contributed by atoms with Crippen LogP contribution in [0.15, 0.2) is 22.7 Å². The van der Waals surface area contributed by atoms with Gasteiger partial charge in [-0.25, -0.2) is 0 Å². The number of anilines is 1. The van der Waals surface area contributed by atoms with Crippen molar-refractivity contribution in [3.05, 3.63) is 28.2 Å². The average Bonchev–Trinajstić information content (AvgIpc) is 2.74. The van der Waals surface area contributed by atoms with Gasteiger partial charge in [0.25, 0.3) is 0 Å². The number of halogens is 1. The fraction of sp³-hybridized carbons (Fsp3) is 0.571. The van der Waals surface area contributed by atoms with Crippen LogP contribution in [0.4, 0.5) is 5.69 Å². The number of rotatable bonds is 1. The van der Waals surface area contributed by atoms with Gasteiger partial charge in [-0.3, -0.25) is 0 Å². The highest BCUT2D eigenvalue weighted by Gasteiger charge is 2.28. The summed E-state index contributed by atoms with van der Waals surface area (Å²) < 4.78 is 1.21. The van der Waals surface area contributed by atoms with E-state index in [2.05, 4.69) is 51.0 Å². The number of nitrogens with zero attached hydrogens (tertiary/aromatic N) is 2. The number of fused-ring (bicyclic) bond motifs is 1. The summed E-state index contributed by atoms with van der Waals surface area (Å²) in [5.41, 5.74) is 2.99. The van der Waals surface area contributed by atoms with Gasteiger partial charge in [-0.05, 0) is 56.6 Å². The number of likely N-dealkylation sites (tertiary alicyclic amines) is 1. The number of likely N-dealkylation sites (N-methyl/N-ethyl adjacent to an activating group) is 1. The lowest BCUT2D eigenvalue weighted by Crippen LogP contribution is -2.40. The summed E-state index contributed by atoms with van der Waals surface area (Å²) in [5, 5.41) is 0. The van der Waals surface area contributed by atoms with Crippen molar-refractivity contribution in [2.45, 2.75) is 25.3 Å². The Bertz CT molecular complexity index is 419. The van der Waals surface area contributed by atoms with Gasteiger partial charge in [0.2, 0.25) is 0 Å². The molecule has 3 rings (SSSR count). The maximum absolute atomic E-state index is 3.58. The average molecular weight is 295 g/mol. The summed E-state index contributed by atoms with van der Waals surface area (Å²) in [6.45, 7) is 3.69. The second-order valence-electron chi connectivity index (χ2n) is 5.27. The van der Waals surface area contributed by atoms with Crippen molar-refractivity contribution >= 4 is 21.6 Å². The summed E-state index contributed by atoms with van der Waals surface area (Å²) in [5.74, 6) is 0. The number of aryl methyl sites for hydroxylation is 1. The number of benzene rings is 1. The normalized spacial score (nSPS) is 25.1. The van der Waals surface area contributed by atoms with E-state index in [-0.39, 0.29) is 0 Å². The second kappa shape index (κ2) is 4.62. The predicted octanol–water partition coefficient (Wildman–Crippen LogP) is 2.91. The summed E-state index contributed by atoms with van der Waals surface area (Å²) in [6.07, 6.45) is 3.84. The Morgan fingerprint density at radius 1 is 1.29 bits per heavy atom. The quantitative estimate of drug-likeness (QED) is 0.786. The molecule has 0 N–H and O–H groups in total. The molecule has 0 radical (unpaired) electrons. The minimum atomic E-state index is 0.722. The third kappa shape index (κ3) is 2.23. The third-order valence-electron chi connectivity index (χ3n) is 4.00. The molecule has 2 aliphatic heterocycles. The lowest BCUT2D eigenvalue weighted by Gasteiger charge is -2.36. The smallest absolute Gasteiger partial charge is 0.0429 e. The molecule has 2 nitrogen and oxygen atoms in total. The minimum Gasteiger partial charge on any atom is -0.367 e. The highest BCUT2D eigenvalue weighted by molar-refractivity contribution is 9.10. The first-order valence-electron chi connectivity index (χ1n) is 6.47. The molecular formula is C14H19BrN2. The number of hydrogen-bond donors (Lipinski definition) is 0. The van der Waals surface area contributed by atoms with E-state index < -0.39 is 0 Å². The van der Waals surface area contributed by atoms with E-state index in [0.717, 1.165) is 6.04 Å². The van der Waals surface area contributed by atoms with Crippen LogP contribution in [-0.2, 0) is 6.42 Å². The Morgan fingerprint density at radius 3 is 2.94 bits per heavy atom. The summed E-state index contributed by atoms with van der Waals surface area (Å²) in [7, 11) is 2.23. The minimum absolute atomic E-state index is 0.722. The van der Waals surface area contributed by atoms with E-state index in [1.165, 1.54) is 54.6 Å². The molecule has 17 heavy (non-hydrogen) atoms. The van der Waals surface area contributed by atoms with E-state index in [0.29, 0.717) is 0 Å². The molecule has 0 unspecified atom stereocenters. The molecule has 0 spiro atoms. The van der Waals surface area contributed by atoms with Crippen LogP contribution < -0.4 is 4.90 Å². The number of hydrogen-bond acceptors (Lipinski definition) is 2. The Kier molecular flexibility index (Phi) is 3.14. The third-order valence-corrected chi connectivity index (χ3v) is 4.50. The van der Waals surface area contributed by atoms with E-state index >= 15 is 0 Å². The van der Waals surface area contributed by atoms with E-state index in [9.17, 15) is 0 Å². The van der Waals surface area contributed by atoms with Crippen molar-refractivity contribution < 1.29 is 0 Å². The first-order valence-corrected chi connectivity index (χ1v) is 7.27. The van der Waals surface area contributed by atoms with Crippen LogP contribution in [0.1, 0.15) is 18.4 Å². The maximum Gasteiger partial charge on any atom is 0.0429 e. The van der Waals surface area contributed by atoms with Gasteiger partial charge in [-0.1, -0.05) is 15.9 Å². The topological polar surface area (TPSA) is 6.48 Å². The van der Waals surface area contributed by atoms with Crippen LogP contribution in [0.2, 0.25) is 0 Å². The van der Waals surface area contributed by atoms with Crippen LogP contribution in [0, 0.1) is 0 Å². The zero-order valence-electron chi connectivity index (χ0n) is 10.3. The van der Waals surface area contributed by atoms with Crippen LogP contribution in [0.3, 0.4) is 0 Å². The standard InChI is InChI=1S/C14H19BrN2/c1-16-8-6-13(10-16)17-7-2-3-11-9-12(15)4-5-14(11)17/h4-5,9,13H,2-3,6-8,10H2,1H3/t13-/m1/s1. The maximum atomic E-state index is 3.58. The van der Waals surface area contributed by atoms with Crippen molar-refractivity contribution in [3.8, 4) is 0 Å². The largest absolute Gasteiger partial charge is 0.367 e. The van der Waals surface area contributed by atoms with Crippen molar-refractivity contribution in [3.63, 3.8) is 0 Å². The van der Waals surface area contributed by atoms with E-state index in [4.69, 9.17) is 0 Å². The zero-order valence-corrected chi connectivity index (χ0v) is 11.9. The van der Waals surface area contributed by atoms with Crippen LogP contribution in [0.25, 0.3) is 0 Å². The zero-order chi connectivity index (χ0) is 11.8. The van der Waals surface area contributed by atoms with Crippen molar-refractivity contribution in [1.82, 2.24) is 4.90 Å². The highest BCUT2D eigenvalue weighted by atomic mass is 79.9. The molecule has 0 saturated carbocycles. The van der Waals surface area contributed by atoms with Crippen molar-refractivity contribution in [2.24, 2.45) is 0 Å². The second-order valence-corrected chi connectivity index (χ2v) is 6.19. The molecule has 1 atom stereocenters. The molecule has 92 valence electrons. The van der Waals surface area contributed by atoms with Gasteiger partial charge in [0.15, 0.2) is 0 Å². The molecule has 1 saturated heterocycles. The van der Waals surface area contributed by atoms with Crippen molar-refractivity contribution in [2.75, 3.05) is 31.6 Å². The van der Waals surface area contributed by atoms with Gasteiger partial charge >= 0.3 is 0 Å². The first-order chi connectivity index (χ1) is 8.24. The summed E-state index contributed by atoms with van der Waals surface area (Å²) >= 11 is 3.58. The lowest BCUT2D eigenvalue weighted by atomic mass is 10.00. The molecule has 1 aromatic rings. The monoisotopic (exact) mass is 294 g/mol. The summed E-state index contributed by atoms with van der Waals surface area (Å²) in [4.78, 5) is 5.08. The van der Waals surface area contributed by atoms with E-state index in [1.807, 2.05) is 0 Å². The molecule has 2 aliphatic rings. The SMILES string of the molecule is CN1CC[C@@H](N2CCCc3cc(Br)ccc32)C1. The van der Waals surface area contributed by atoms with Gasteiger partial charge in [-0.2, -0.15) is 0 Å². The van der Waals surface area contributed by atoms with Crippen LogP contribution >= 0.6 is 15.9 Å². The van der Waals surface area contributed by atoms with Gasteiger partial charge in [0, 0.05) is 29.3 Å². The molecule has 3 heteroatoms. The summed E-state index contributed by atoms with van der Waals surface area (Å²) in [6, 6.07) is 7.48. The molecule has 2 heterocycles. The molecule has 1 aromatic carbocycles. The van der Waals surface area contributed by atoms with Crippen molar-refractivity contribution in [1.29, 1.82) is 0 Å². The Labute approximate surface area is 112 Å². The molecular weight excluding hydrogens is 276 g/mol. The van der Waals surface area contributed by atoms with Crippen LogP contribution in [0.5, 0.6) is 0 Å². The Hall–Kier alpha value is -0.540. The van der Waals surface area contributed by atoms with E-state index in [1.54, 1.807) is 0 Å². The molecule has 0 aliphatic carbocycles. The highest BCUT2D eigenvalue weighted by Crippen LogP contribution is 2.32. The van der Waals surface area contributed by atoms with Gasteiger partial charge in [0.1, 0.15) is 0 Å². The Morgan fingerprint density at radius 2 is 2.18 bits per heavy atom.